The average molecular weight is 173 g/mol. The van der Waals surface area contributed by atoms with Crippen LogP contribution in [0.25, 0.3) is 0 Å². The van der Waals surface area contributed by atoms with Gasteiger partial charge in [-0.25, -0.2) is 0 Å². The van der Waals surface area contributed by atoms with Crippen molar-refractivity contribution in [3.8, 4) is 0 Å². The third-order valence-corrected chi connectivity index (χ3v) is 2.72. The minimum Gasteiger partial charge on any atom is -0.480 e. The lowest BCUT2D eigenvalue weighted by Gasteiger charge is -2.48. The van der Waals surface area contributed by atoms with Gasteiger partial charge in [0.1, 0.15) is 5.54 Å². The molecule has 0 spiro atoms. The van der Waals surface area contributed by atoms with Gasteiger partial charge in [0.05, 0.1) is 27.2 Å². The molecule has 0 aromatic carbocycles. The van der Waals surface area contributed by atoms with Gasteiger partial charge < -0.3 is 15.3 Å². The molecule has 1 rings (SSSR count). The van der Waals surface area contributed by atoms with Crippen LogP contribution in [0.1, 0.15) is 12.8 Å². The number of rotatable bonds is 2. The van der Waals surface area contributed by atoms with Crippen molar-refractivity contribution in [1.82, 2.24) is 0 Å². The molecular weight excluding hydrogens is 156 g/mol. The summed E-state index contributed by atoms with van der Waals surface area (Å²) in [6, 6.07) is 0.395. The van der Waals surface area contributed by atoms with Gasteiger partial charge in [0.2, 0.25) is 0 Å². The van der Waals surface area contributed by atoms with E-state index in [0.717, 1.165) is 4.48 Å². The number of quaternary nitrogens is 1. The Labute approximate surface area is 72.6 Å². The van der Waals surface area contributed by atoms with Crippen molar-refractivity contribution >= 4 is 5.97 Å². The number of hydrogen-bond donors (Lipinski definition) is 2. The quantitative estimate of drug-likeness (QED) is 0.560. The number of carbonyl (C=O) groups is 1. The smallest absolute Gasteiger partial charge is 0.324 e. The van der Waals surface area contributed by atoms with Crippen LogP contribution in [0.4, 0.5) is 0 Å². The normalized spacial score (nSPS) is 35.8. The van der Waals surface area contributed by atoms with Crippen LogP contribution in [-0.4, -0.2) is 48.3 Å². The van der Waals surface area contributed by atoms with Gasteiger partial charge in [0.15, 0.2) is 0 Å². The Morgan fingerprint density at radius 1 is 1.50 bits per heavy atom. The summed E-state index contributed by atoms with van der Waals surface area (Å²) in [6.07, 6.45) is 1.18. The minimum atomic E-state index is -0.948. The van der Waals surface area contributed by atoms with Crippen molar-refractivity contribution in [2.75, 3.05) is 21.1 Å². The van der Waals surface area contributed by atoms with E-state index in [1.807, 2.05) is 0 Å². The van der Waals surface area contributed by atoms with E-state index in [-0.39, 0.29) is 0 Å². The minimum absolute atomic E-state index is 0.395. The maximum absolute atomic E-state index is 10.6. The molecule has 0 amide bonds. The number of carboxylic acid groups (broad SMARTS) is 1. The second-order valence-corrected chi connectivity index (χ2v) is 4.64. The van der Waals surface area contributed by atoms with Crippen molar-refractivity contribution in [2.45, 2.75) is 24.4 Å². The molecule has 1 fully saturated rings. The Morgan fingerprint density at radius 3 is 2.17 bits per heavy atom. The van der Waals surface area contributed by atoms with E-state index in [9.17, 15) is 4.79 Å². The van der Waals surface area contributed by atoms with Gasteiger partial charge in [-0.1, -0.05) is 0 Å². The first-order valence-corrected chi connectivity index (χ1v) is 4.09. The lowest BCUT2D eigenvalue weighted by molar-refractivity contribution is -0.903. The van der Waals surface area contributed by atoms with Gasteiger partial charge in [0, 0.05) is 12.8 Å². The van der Waals surface area contributed by atoms with Crippen LogP contribution >= 0.6 is 0 Å². The fraction of sp³-hybridized carbons (Fsp3) is 0.875. The van der Waals surface area contributed by atoms with E-state index in [1.165, 1.54) is 0 Å². The molecule has 0 saturated heterocycles. The Hall–Kier alpha value is -0.610. The fourth-order valence-corrected chi connectivity index (χ4v) is 1.50. The monoisotopic (exact) mass is 173 g/mol. The highest BCUT2D eigenvalue weighted by Gasteiger charge is 2.52. The molecule has 4 heteroatoms. The van der Waals surface area contributed by atoms with Crippen molar-refractivity contribution in [3.63, 3.8) is 0 Å². The van der Waals surface area contributed by atoms with Crippen LogP contribution < -0.4 is 5.73 Å². The zero-order valence-electron chi connectivity index (χ0n) is 7.87. The van der Waals surface area contributed by atoms with E-state index in [0.29, 0.717) is 18.9 Å². The Bertz CT molecular complexity index is 202. The second-order valence-electron chi connectivity index (χ2n) is 4.64. The SMILES string of the molecule is C[N+](C)(C)C1CC(N)(C(=O)O)C1. The van der Waals surface area contributed by atoms with Crippen molar-refractivity contribution in [1.29, 1.82) is 0 Å². The van der Waals surface area contributed by atoms with Crippen molar-refractivity contribution < 1.29 is 14.4 Å². The summed E-state index contributed by atoms with van der Waals surface area (Å²) in [7, 11) is 6.18. The lowest BCUT2D eigenvalue weighted by Crippen LogP contribution is -2.67. The van der Waals surface area contributed by atoms with Gasteiger partial charge in [0.25, 0.3) is 0 Å². The number of nitrogens with two attached hydrogens (primary N) is 1. The largest absolute Gasteiger partial charge is 0.480 e. The maximum Gasteiger partial charge on any atom is 0.324 e. The summed E-state index contributed by atoms with van der Waals surface area (Å²) < 4.78 is 0.798. The van der Waals surface area contributed by atoms with Crippen LogP contribution in [0.2, 0.25) is 0 Å². The highest BCUT2D eigenvalue weighted by molar-refractivity contribution is 5.80. The van der Waals surface area contributed by atoms with Crippen LogP contribution in [-0.2, 0) is 4.79 Å². The number of nitrogens with zero attached hydrogens (tertiary/aromatic N) is 1. The Kier molecular flexibility index (Phi) is 1.92. The molecule has 12 heavy (non-hydrogen) atoms. The summed E-state index contributed by atoms with van der Waals surface area (Å²) in [4.78, 5) is 10.6. The van der Waals surface area contributed by atoms with Crippen LogP contribution in [0, 0.1) is 0 Å². The highest BCUT2D eigenvalue weighted by Crippen LogP contribution is 2.35. The molecule has 0 aromatic rings. The fourth-order valence-electron chi connectivity index (χ4n) is 1.50. The molecule has 0 atom stereocenters. The predicted molar refractivity (Wildman–Crippen MR) is 45.6 cm³/mol. The summed E-state index contributed by atoms with van der Waals surface area (Å²) in [6.45, 7) is 0. The first-order valence-electron chi connectivity index (χ1n) is 4.09. The zero-order valence-corrected chi connectivity index (χ0v) is 7.87. The summed E-state index contributed by atoms with van der Waals surface area (Å²) in [5.74, 6) is -0.868. The van der Waals surface area contributed by atoms with Crippen LogP contribution in [0.5, 0.6) is 0 Å². The molecule has 1 saturated carbocycles. The number of hydrogen-bond acceptors (Lipinski definition) is 2. The number of carboxylic acids is 1. The molecule has 0 aliphatic heterocycles. The number of aliphatic carboxylic acids is 1. The predicted octanol–water partition coefficient (Wildman–Crippen LogP) is -0.363. The van der Waals surface area contributed by atoms with E-state index >= 15 is 0 Å². The van der Waals surface area contributed by atoms with E-state index in [1.54, 1.807) is 0 Å². The molecule has 70 valence electrons. The molecule has 3 N–H and O–H groups in total. The van der Waals surface area contributed by atoms with E-state index in [4.69, 9.17) is 10.8 Å². The van der Waals surface area contributed by atoms with Gasteiger partial charge in [-0.05, 0) is 0 Å². The van der Waals surface area contributed by atoms with Crippen LogP contribution in [0.15, 0.2) is 0 Å². The molecule has 0 heterocycles. The molecule has 0 bridgehead atoms. The molecule has 1 aliphatic carbocycles. The topological polar surface area (TPSA) is 63.3 Å². The molecular formula is C8H17N2O2+. The first-order chi connectivity index (χ1) is 5.26. The van der Waals surface area contributed by atoms with E-state index < -0.39 is 11.5 Å². The van der Waals surface area contributed by atoms with E-state index in [2.05, 4.69) is 21.1 Å². The third kappa shape index (κ3) is 1.44. The molecule has 0 unspecified atom stereocenters. The standard InChI is InChI=1S/C8H16N2O2/c1-10(2,3)6-4-8(9,5-6)7(11)12/h6H,4-5,9H2,1-3H3/p+1. The van der Waals surface area contributed by atoms with Crippen molar-refractivity contribution in [2.24, 2.45) is 5.73 Å². The Morgan fingerprint density at radius 2 is 1.92 bits per heavy atom. The van der Waals surface area contributed by atoms with Crippen molar-refractivity contribution in [3.05, 3.63) is 0 Å². The second kappa shape index (κ2) is 2.44. The Balaban J connectivity index is 2.53. The van der Waals surface area contributed by atoms with Gasteiger partial charge in [-0.2, -0.15) is 0 Å². The summed E-state index contributed by atoms with van der Waals surface area (Å²) in [5.41, 5.74) is 4.67. The van der Waals surface area contributed by atoms with Gasteiger partial charge in [-0.15, -0.1) is 0 Å². The lowest BCUT2D eigenvalue weighted by atomic mass is 9.72. The average Bonchev–Trinajstić information content (AvgIpc) is 1.77. The molecule has 0 aromatic heterocycles. The summed E-state index contributed by atoms with van der Waals surface area (Å²) in [5, 5.41) is 8.74. The summed E-state index contributed by atoms with van der Waals surface area (Å²) >= 11 is 0. The molecule has 1 aliphatic rings. The highest BCUT2D eigenvalue weighted by atomic mass is 16.4. The third-order valence-electron chi connectivity index (χ3n) is 2.72. The molecule has 4 nitrogen and oxygen atoms in total. The van der Waals surface area contributed by atoms with Crippen LogP contribution in [0.3, 0.4) is 0 Å². The molecule has 0 radical (unpaired) electrons. The van der Waals surface area contributed by atoms with Gasteiger partial charge >= 0.3 is 5.97 Å². The zero-order chi connectivity index (χ0) is 9.57. The first kappa shape index (κ1) is 9.48. The van der Waals surface area contributed by atoms with Gasteiger partial charge in [-0.3, -0.25) is 4.79 Å². The maximum atomic E-state index is 10.6.